The van der Waals surface area contributed by atoms with Gasteiger partial charge in [0.25, 0.3) is 0 Å². The van der Waals surface area contributed by atoms with Crippen molar-refractivity contribution in [3.05, 3.63) is 46.8 Å². The highest BCUT2D eigenvalue weighted by molar-refractivity contribution is 5.76. The molecule has 1 fully saturated rings. The Labute approximate surface area is 170 Å². The number of likely N-dealkylation sites (tertiary alicyclic amines) is 1. The van der Waals surface area contributed by atoms with Gasteiger partial charge in [-0.05, 0) is 25.3 Å². The van der Waals surface area contributed by atoms with Gasteiger partial charge in [0.1, 0.15) is 0 Å². The Kier molecular flexibility index (Phi) is 5.78. The number of carbonyl (C=O) groups is 2. The summed E-state index contributed by atoms with van der Waals surface area (Å²) in [4.78, 5) is 28.7. The van der Waals surface area contributed by atoms with Crippen LogP contribution in [0.1, 0.15) is 41.8 Å². The van der Waals surface area contributed by atoms with E-state index in [1.807, 2.05) is 40.8 Å². The fourth-order valence-electron chi connectivity index (χ4n) is 3.91. The molecule has 154 valence electrons. The van der Waals surface area contributed by atoms with E-state index in [0.717, 1.165) is 42.9 Å². The molecule has 2 aliphatic rings. The van der Waals surface area contributed by atoms with Crippen molar-refractivity contribution in [1.82, 2.24) is 30.1 Å². The number of carbonyl (C=O) groups excluding carboxylic acids is 2. The number of nitrogens with zero attached hydrogens (tertiary/aromatic N) is 5. The van der Waals surface area contributed by atoms with Gasteiger partial charge in [-0.15, -0.1) is 5.10 Å². The largest absolute Gasteiger partial charge is 0.343 e. The first-order valence-electron chi connectivity index (χ1n) is 10.4. The van der Waals surface area contributed by atoms with Gasteiger partial charge < -0.3 is 15.1 Å². The van der Waals surface area contributed by atoms with Gasteiger partial charge >= 0.3 is 6.03 Å². The second-order valence-corrected chi connectivity index (χ2v) is 7.86. The topological polar surface area (TPSA) is 83.4 Å². The van der Waals surface area contributed by atoms with Crippen LogP contribution >= 0.6 is 0 Å². The number of fused-ring (bicyclic) bond motifs is 1. The quantitative estimate of drug-likeness (QED) is 0.836. The van der Waals surface area contributed by atoms with Crippen LogP contribution in [0.25, 0.3) is 0 Å². The molecule has 1 N–H and O–H groups in total. The molecule has 29 heavy (non-hydrogen) atoms. The molecule has 3 amide bonds. The Balaban J connectivity index is 1.32. The second kappa shape index (κ2) is 8.63. The van der Waals surface area contributed by atoms with Gasteiger partial charge in [0, 0.05) is 39.0 Å². The van der Waals surface area contributed by atoms with E-state index in [2.05, 4.69) is 15.6 Å². The third-order valence-electron chi connectivity index (χ3n) is 5.73. The standard InChI is InChI=1S/C21H28N6O2/c1-16-4-6-17(7-5-16)14-22-21(29)26-12-13-27-19(15-26)18(23-24-27)8-9-20(28)25-10-2-3-11-25/h4-7H,2-3,8-15H2,1H3,(H,22,29). The number of benzene rings is 1. The number of aryl methyl sites for hydroxylation is 2. The molecule has 0 unspecified atom stereocenters. The number of hydrogen-bond donors (Lipinski definition) is 1. The predicted molar refractivity (Wildman–Crippen MR) is 108 cm³/mol. The number of hydrogen-bond acceptors (Lipinski definition) is 4. The fourth-order valence-corrected chi connectivity index (χ4v) is 3.91. The maximum atomic E-state index is 12.6. The number of amides is 3. The second-order valence-electron chi connectivity index (χ2n) is 7.86. The van der Waals surface area contributed by atoms with Crippen LogP contribution in [0.15, 0.2) is 24.3 Å². The average Bonchev–Trinajstić information content (AvgIpc) is 3.41. The average molecular weight is 396 g/mol. The molecule has 8 heteroatoms. The first-order valence-corrected chi connectivity index (χ1v) is 10.4. The first kappa shape index (κ1) is 19.4. The third-order valence-corrected chi connectivity index (χ3v) is 5.73. The molecular formula is C21H28N6O2. The molecule has 2 aromatic rings. The molecule has 0 saturated carbocycles. The van der Waals surface area contributed by atoms with E-state index in [4.69, 9.17) is 0 Å². The van der Waals surface area contributed by atoms with Gasteiger partial charge in [0.05, 0.1) is 24.5 Å². The van der Waals surface area contributed by atoms with Crippen molar-refractivity contribution >= 4 is 11.9 Å². The maximum Gasteiger partial charge on any atom is 0.318 e. The molecule has 1 aromatic carbocycles. The highest BCUT2D eigenvalue weighted by Gasteiger charge is 2.26. The minimum atomic E-state index is -0.0860. The summed E-state index contributed by atoms with van der Waals surface area (Å²) < 4.78 is 1.86. The molecule has 0 spiro atoms. The molecular weight excluding hydrogens is 368 g/mol. The Hall–Kier alpha value is -2.90. The van der Waals surface area contributed by atoms with Crippen LogP contribution in [0.5, 0.6) is 0 Å². The van der Waals surface area contributed by atoms with Crippen LogP contribution < -0.4 is 5.32 Å². The molecule has 0 bridgehead atoms. The Morgan fingerprint density at radius 1 is 1.03 bits per heavy atom. The zero-order chi connectivity index (χ0) is 20.2. The third kappa shape index (κ3) is 4.58. The number of urea groups is 1. The first-order chi connectivity index (χ1) is 14.1. The zero-order valence-corrected chi connectivity index (χ0v) is 16.9. The van der Waals surface area contributed by atoms with E-state index in [0.29, 0.717) is 39.0 Å². The summed E-state index contributed by atoms with van der Waals surface area (Å²) in [6, 6.07) is 8.06. The van der Waals surface area contributed by atoms with Gasteiger partial charge in [-0.1, -0.05) is 35.0 Å². The summed E-state index contributed by atoms with van der Waals surface area (Å²) in [5.74, 6) is 0.188. The molecule has 1 aromatic heterocycles. The van der Waals surface area contributed by atoms with Gasteiger partial charge in [-0.3, -0.25) is 4.79 Å². The van der Waals surface area contributed by atoms with Crippen molar-refractivity contribution in [2.45, 2.75) is 52.2 Å². The zero-order valence-electron chi connectivity index (χ0n) is 16.9. The lowest BCUT2D eigenvalue weighted by molar-refractivity contribution is -0.130. The summed E-state index contributed by atoms with van der Waals surface area (Å²) in [6.07, 6.45) is 3.22. The summed E-state index contributed by atoms with van der Waals surface area (Å²) in [5.41, 5.74) is 4.05. The van der Waals surface area contributed by atoms with Crippen LogP contribution in [0.3, 0.4) is 0 Å². The van der Waals surface area contributed by atoms with Crippen molar-refractivity contribution < 1.29 is 9.59 Å². The van der Waals surface area contributed by atoms with Gasteiger partial charge in [0.2, 0.25) is 5.91 Å². The molecule has 2 aliphatic heterocycles. The summed E-state index contributed by atoms with van der Waals surface area (Å²) >= 11 is 0. The lowest BCUT2D eigenvalue weighted by Gasteiger charge is -2.28. The van der Waals surface area contributed by atoms with Gasteiger partial charge in [-0.2, -0.15) is 0 Å². The predicted octanol–water partition coefficient (Wildman–Crippen LogP) is 1.87. The van der Waals surface area contributed by atoms with Gasteiger partial charge in [-0.25, -0.2) is 9.48 Å². The Bertz CT molecular complexity index is 870. The SMILES string of the molecule is Cc1ccc(CNC(=O)N2CCn3nnc(CCC(=O)N4CCCC4)c3C2)cc1. The minimum Gasteiger partial charge on any atom is -0.343 e. The van der Waals surface area contributed by atoms with Crippen molar-refractivity contribution in [3.63, 3.8) is 0 Å². The van der Waals surface area contributed by atoms with Crippen molar-refractivity contribution in [1.29, 1.82) is 0 Å². The van der Waals surface area contributed by atoms with Crippen LogP contribution in [0.2, 0.25) is 0 Å². The number of nitrogens with one attached hydrogen (secondary N) is 1. The highest BCUT2D eigenvalue weighted by Crippen LogP contribution is 2.17. The van der Waals surface area contributed by atoms with E-state index < -0.39 is 0 Å². The van der Waals surface area contributed by atoms with Crippen molar-refractivity contribution in [2.75, 3.05) is 19.6 Å². The Morgan fingerprint density at radius 2 is 1.79 bits per heavy atom. The lowest BCUT2D eigenvalue weighted by atomic mass is 10.1. The normalized spacial score (nSPS) is 16.0. The van der Waals surface area contributed by atoms with E-state index in [9.17, 15) is 9.59 Å². The van der Waals surface area contributed by atoms with E-state index in [-0.39, 0.29) is 11.9 Å². The van der Waals surface area contributed by atoms with Crippen LogP contribution in [-0.2, 0) is 30.8 Å². The minimum absolute atomic E-state index is 0.0860. The number of rotatable bonds is 5. The van der Waals surface area contributed by atoms with E-state index in [1.54, 1.807) is 4.90 Å². The van der Waals surface area contributed by atoms with Crippen molar-refractivity contribution in [2.24, 2.45) is 0 Å². The molecule has 0 atom stereocenters. The molecule has 4 rings (SSSR count). The smallest absolute Gasteiger partial charge is 0.318 e. The molecule has 1 saturated heterocycles. The Morgan fingerprint density at radius 3 is 2.55 bits per heavy atom. The highest BCUT2D eigenvalue weighted by atomic mass is 16.2. The number of aromatic nitrogens is 3. The monoisotopic (exact) mass is 396 g/mol. The van der Waals surface area contributed by atoms with Gasteiger partial charge in [0.15, 0.2) is 0 Å². The lowest BCUT2D eigenvalue weighted by Crippen LogP contribution is -2.44. The maximum absolute atomic E-state index is 12.6. The summed E-state index contributed by atoms with van der Waals surface area (Å²) in [5, 5.41) is 11.5. The van der Waals surface area contributed by atoms with Crippen LogP contribution in [-0.4, -0.2) is 56.4 Å². The van der Waals surface area contributed by atoms with Crippen LogP contribution in [0, 0.1) is 6.92 Å². The molecule has 3 heterocycles. The van der Waals surface area contributed by atoms with Crippen LogP contribution in [0.4, 0.5) is 4.79 Å². The molecule has 0 radical (unpaired) electrons. The van der Waals surface area contributed by atoms with E-state index in [1.165, 1.54) is 5.56 Å². The van der Waals surface area contributed by atoms with Crippen molar-refractivity contribution in [3.8, 4) is 0 Å². The molecule has 8 nitrogen and oxygen atoms in total. The van der Waals surface area contributed by atoms with E-state index >= 15 is 0 Å². The molecule has 0 aliphatic carbocycles. The summed E-state index contributed by atoms with van der Waals surface area (Å²) in [7, 11) is 0. The fraction of sp³-hybridized carbons (Fsp3) is 0.524. The summed E-state index contributed by atoms with van der Waals surface area (Å²) in [6.45, 7) is 5.98.